The molecule has 2 aliphatic rings. The van der Waals surface area contributed by atoms with E-state index >= 15 is 8.78 Å². The number of fused-ring (bicyclic) bond motifs is 1. The van der Waals surface area contributed by atoms with E-state index in [9.17, 15) is 22.7 Å². The molecule has 2 fully saturated rings. The number of carbonyl (C=O) groups excluding carboxylic acids is 2. The molecule has 3 aromatic heterocycles. The second-order valence-electron chi connectivity index (χ2n) is 14.9. The van der Waals surface area contributed by atoms with Crippen LogP contribution >= 0.6 is 0 Å². The monoisotopic (exact) mass is 836 g/mol. The highest BCUT2D eigenvalue weighted by molar-refractivity contribution is 7.80. The van der Waals surface area contributed by atoms with Crippen LogP contribution in [-0.2, 0) is 20.8 Å². The zero-order valence-electron chi connectivity index (χ0n) is 32.9. The Morgan fingerprint density at radius 1 is 1.05 bits per heavy atom. The zero-order valence-corrected chi connectivity index (χ0v) is 33.7. The summed E-state index contributed by atoms with van der Waals surface area (Å²) in [6, 6.07) is 13.0. The molecule has 59 heavy (non-hydrogen) atoms. The quantitative estimate of drug-likeness (QED) is 0.0521. The van der Waals surface area contributed by atoms with Crippen LogP contribution in [0.25, 0.3) is 22.2 Å². The topological polar surface area (TPSA) is 160 Å². The number of anilines is 2. The molecule has 2 aliphatic heterocycles. The van der Waals surface area contributed by atoms with Crippen LogP contribution in [0.3, 0.4) is 0 Å². The van der Waals surface area contributed by atoms with E-state index in [-0.39, 0.29) is 37.0 Å². The van der Waals surface area contributed by atoms with Crippen LogP contribution in [0.1, 0.15) is 60.7 Å². The fourth-order valence-corrected chi connectivity index (χ4v) is 8.25. The molecule has 0 spiro atoms. The van der Waals surface area contributed by atoms with Crippen molar-refractivity contribution in [3.8, 4) is 17.0 Å². The van der Waals surface area contributed by atoms with E-state index < -0.39 is 52.0 Å². The number of unbranched alkanes of at least 4 members (excludes halogenated alkanes) is 1. The van der Waals surface area contributed by atoms with Crippen molar-refractivity contribution < 1.29 is 45.5 Å². The number of carbonyl (C=O) groups is 2. The molecule has 3 atom stereocenters. The Hall–Kier alpha value is -5.30. The predicted octanol–water partition coefficient (Wildman–Crippen LogP) is 6.18. The van der Waals surface area contributed by atoms with Gasteiger partial charge >= 0.3 is 5.97 Å². The third kappa shape index (κ3) is 9.15. The summed E-state index contributed by atoms with van der Waals surface area (Å²) in [6.45, 7) is 8.44. The van der Waals surface area contributed by atoms with E-state index in [1.807, 2.05) is 38.1 Å². The van der Waals surface area contributed by atoms with Crippen molar-refractivity contribution in [1.29, 1.82) is 0 Å². The fourth-order valence-electron chi connectivity index (χ4n) is 7.61. The third-order valence-electron chi connectivity index (χ3n) is 10.8. The van der Waals surface area contributed by atoms with Crippen LogP contribution in [0.5, 0.6) is 5.88 Å². The average molecular weight is 837 g/mol. The Morgan fingerprint density at radius 2 is 1.81 bits per heavy atom. The van der Waals surface area contributed by atoms with Crippen molar-refractivity contribution in [3.05, 3.63) is 89.4 Å². The van der Waals surface area contributed by atoms with Crippen LogP contribution in [0, 0.1) is 17.6 Å². The van der Waals surface area contributed by atoms with Gasteiger partial charge in [-0.3, -0.25) is 18.7 Å². The number of ether oxygens (including phenoxy) is 2. The molecule has 14 nitrogen and oxygen atoms in total. The Labute approximate surface area is 341 Å². The van der Waals surface area contributed by atoms with Crippen LogP contribution < -0.4 is 14.1 Å². The summed E-state index contributed by atoms with van der Waals surface area (Å²) in [4.78, 5) is 38.0. The molecule has 5 aromatic rings. The normalized spacial score (nSPS) is 17.4. The first-order chi connectivity index (χ1) is 28.4. The van der Waals surface area contributed by atoms with Gasteiger partial charge < -0.3 is 28.4 Å². The molecular formula is C41H45F3N7O7S-. The largest absolute Gasteiger partial charge is 0.754 e. The Morgan fingerprint density at radius 3 is 2.49 bits per heavy atom. The number of hydrazine groups is 1. The molecule has 2 unspecified atom stereocenters. The molecule has 5 heterocycles. The van der Waals surface area contributed by atoms with Crippen LogP contribution in [-0.4, -0.2) is 111 Å². The molecule has 314 valence electrons. The number of hydrogen-bond donors (Lipinski definition) is 1. The van der Waals surface area contributed by atoms with E-state index in [0.29, 0.717) is 39.3 Å². The summed E-state index contributed by atoms with van der Waals surface area (Å²) >= 11 is -3.07. The van der Waals surface area contributed by atoms with Crippen molar-refractivity contribution in [3.63, 3.8) is 0 Å². The summed E-state index contributed by atoms with van der Waals surface area (Å²) in [5.41, 5.74) is 1.30. The van der Waals surface area contributed by atoms with E-state index in [0.717, 1.165) is 74.0 Å². The Kier molecular flexibility index (Phi) is 13.0. The summed E-state index contributed by atoms with van der Waals surface area (Å²) in [5.74, 6) is -3.70. The van der Waals surface area contributed by atoms with Crippen LogP contribution in [0.15, 0.2) is 65.4 Å². The number of piperazine rings is 1. The number of H-pyrrole nitrogens is 1. The maximum absolute atomic E-state index is 15.9. The van der Waals surface area contributed by atoms with Crippen molar-refractivity contribution in [2.75, 3.05) is 68.8 Å². The Bertz CT molecular complexity index is 2300. The highest BCUT2D eigenvalue weighted by Crippen LogP contribution is 2.34. The molecule has 0 amide bonds. The van der Waals surface area contributed by atoms with Gasteiger partial charge in [0.25, 0.3) is 5.88 Å². The van der Waals surface area contributed by atoms with E-state index in [1.165, 1.54) is 13.3 Å². The minimum atomic E-state index is -3.07. The van der Waals surface area contributed by atoms with Crippen LogP contribution in [0.2, 0.25) is 0 Å². The van der Waals surface area contributed by atoms with Crippen molar-refractivity contribution in [1.82, 2.24) is 25.0 Å². The predicted molar refractivity (Wildman–Crippen MR) is 213 cm³/mol. The number of hydrogen-bond acceptors (Lipinski definition) is 12. The number of ketones is 1. The van der Waals surface area contributed by atoms with E-state index in [1.54, 1.807) is 18.3 Å². The molecule has 7 rings (SSSR count). The number of rotatable bonds is 16. The number of nitrogens with one attached hydrogen (secondary N) is 1. The van der Waals surface area contributed by atoms with Gasteiger partial charge in [-0.15, -0.1) is 0 Å². The molecule has 2 saturated heterocycles. The number of nitrogens with zero attached hydrogens (tertiary/aromatic N) is 6. The number of aromatic nitrogens is 3. The molecule has 2 aromatic carbocycles. The molecule has 18 heteroatoms. The molecule has 0 bridgehead atoms. The second-order valence-corrected chi connectivity index (χ2v) is 15.7. The van der Waals surface area contributed by atoms with Gasteiger partial charge in [-0.05, 0) is 72.8 Å². The minimum Gasteiger partial charge on any atom is -0.754 e. The van der Waals surface area contributed by atoms with Gasteiger partial charge in [0.2, 0.25) is 5.78 Å². The van der Waals surface area contributed by atoms with Gasteiger partial charge in [0.15, 0.2) is 11.6 Å². The lowest BCUT2D eigenvalue weighted by Crippen LogP contribution is -2.46. The van der Waals surface area contributed by atoms with Crippen molar-refractivity contribution in [2.45, 2.75) is 45.2 Å². The first kappa shape index (κ1) is 41.8. The first-order valence-corrected chi connectivity index (χ1v) is 20.5. The molecule has 0 radical (unpaired) electrons. The Balaban J connectivity index is 0.939. The number of pyridine rings is 1. The smallest absolute Gasteiger partial charge is 0.316 e. The third-order valence-corrected chi connectivity index (χ3v) is 11.5. The van der Waals surface area contributed by atoms with Gasteiger partial charge in [0.05, 0.1) is 37.1 Å². The molecular weight excluding hydrogens is 792 g/mol. The maximum atomic E-state index is 15.9. The lowest BCUT2D eigenvalue weighted by Gasteiger charge is -2.36. The lowest BCUT2D eigenvalue weighted by atomic mass is 9.93. The highest BCUT2D eigenvalue weighted by atomic mass is 32.2. The summed E-state index contributed by atoms with van der Waals surface area (Å²) < 4.78 is 85.9. The zero-order chi connectivity index (χ0) is 41.8. The fraction of sp³-hybridized carbons (Fsp3) is 0.415. The van der Waals surface area contributed by atoms with E-state index in [4.69, 9.17) is 14.0 Å². The number of benzene rings is 2. The summed E-state index contributed by atoms with van der Waals surface area (Å²) in [7, 11) is 1.35. The number of halogens is 3. The molecule has 0 aliphatic carbocycles. The lowest BCUT2D eigenvalue weighted by molar-refractivity contribution is -0.144. The first-order valence-electron chi connectivity index (χ1n) is 19.5. The number of methoxy groups -OCH3 is 1. The van der Waals surface area contributed by atoms with E-state index in [2.05, 4.69) is 24.9 Å². The van der Waals surface area contributed by atoms with Crippen LogP contribution in [0.4, 0.5) is 24.5 Å². The standard InChI is InChI=1S/C41H46F3N7O7S/c1-25(2)36(41(53)56-3)34-21-35(47-58-34)57-19-5-4-13-48-15-17-49(18-16-48)29-8-6-26(7-9-29)27-20-30-31(23-46-40(30)45-22-27)39(52)37-32(43)10-11-33(38(37)44)51(59(54)55)50-14-12-28(42)24-50/h6-11,20-23,25,28,36H,4-5,12-19,24H2,1-3H3,(H,45,46)(H,54,55)/p-1/t28-,36?/m1/s1. The van der Waals surface area contributed by atoms with Crippen molar-refractivity contribution in [2.24, 2.45) is 5.92 Å². The average Bonchev–Trinajstić information content (AvgIpc) is 3.99. The van der Waals surface area contributed by atoms with Gasteiger partial charge in [-0.2, -0.15) is 0 Å². The van der Waals surface area contributed by atoms with Crippen molar-refractivity contribution >= 4 is 45.4 Å². The minimum absolute atomic E-state index is 0.00181. The van der Waals surface area contributed by atoms with Gasteiger partial charge in [0, 0.05) is 73.4 Å². The second kappa shape index (κ2) is 18.3. The SMILES string of the molecule is COC(=O)C(c1cc(OCCCCN2CCN(c3ccc(-c4cnc5[nH]cc(C(=O)c6c(F)ccc(N(N7CC[C@@H](F)C7)S(=O)[O-])c6F)c5c4)cc3)CC2)no1)C(C)C. The number of aromatic amines is 1. The van der Waals surface area contributed by atoms with Gasteiger partial charge in [-0.25, -0.2) is 27.6 Å². The number of alkyl halides is 1. The molecule has 1 N–H and O–H groups in total. The van der Waals surface area contributed by atoms with Gasteiger partial charge in [-0.1, -0.05) is 26.0 Å². The van der Waals surface area contributed by atoms with Gasteiger partial charge in [0.1, 0.15) is 29.2 Å². The number of esters is 1. The molecule has 0 saturated carbocycles. The highest BCUT2D eigenvalue weighted by Gasteiger charge is 2.33. The summed E-state index contributed by atoms with van der Waals surface area (Å²) in [6.07, 6.45) is 3.46. The maximum Gasteiger partial charge on any atom is 0.316 e. The summed E-state index contributed by atoms with van der Waals surface area (Å²) in [5, 5.41) is 5.38.